The molecule has 1 aliphatic rings. The Morgan fingerprint density at radius 1 is 1.00 bits per heavy atom. The first-order valence-corrected chi connectivity index (χ1v) is 10.2. The summed E-state index contributed by atoms with van der Waals surface area (Å²) in [5, 5.41) is 20.4. The third-order valence-electron chi connectivity index (χ3n) is 5.81. The zero-order chi connectivity index (χ0) is 21.9. The van der Waals surface area contributed by atoms with Crippen molar-refractivity contribution >= 4 is 24.1 Å². The number of aliphatic hydroxyl groups is 1. The van der Waals surface area contributed by atoms with E-state index in [1.807, 2.05) is 30.4 Å². The molecule has 0 amide bonds. The predicted molar refractivity (Wildman–Crippen MR) is 116 cm³/mol. The highest BCUT2D eigenvalue weighted by Crippen LogP contribution is 2.46. The number of carboxylic acid groups (broad SMARTS) is 1. The number of hydrogen-bond donors (Lipinski definition) is 2. The molecule has 0 spiro atoms. The van der Waals surface area contributed by atoms with Gasteiger partial charge in [-0.05, 0) is 65.6 Å². The van der Waals surface area contributed by atoms with E-state index in [1.54, 1.807) is 31.2 Å². The molecule has 0 aliphatic heterocycles. The summed E-state index contributed by atoms with van der Waals surface area (Å²) < 4.78 is 5.08. The predicted octanol–water partition coefficient (Wildman–Crippen LogP) is 4.77. The second-order valence-electron chi connectivity index (χ2n) is 8.46. The van der Waals surface area contributed by atoms with Crippen molar-refractivity contribution in [2.24, 2.45) is 0 Å². The minimum atomic E-state index is -1.25. The number of carboxylic acids is 1. The number of benzene rings is 2. The molecule has 5 heteroatoms. The topological polar surface area (TPSA) is 83.8 Å². The van der Waals surface area contributed by atoms with Crippen LogP contribution in [0, 0.1) is 0 Å². The number of hydrogen-bond acceptors (Lipinski definition) is 4. The molecule has 0 saturated carbocycles. The Balaban J connectivity index is 1.92. The molecule has 2 N–H and O–H groups in total. The first-order valence-electron chi connectivity index (χ1n) is 10.2. The summed E-state index contributed by atoms with van der Waals surface area (Å²) in [4.78, 5) is 23.1. The van der Waals surface area contributed by atoms with E-state index >= 15 is 0 Å². The number of fused-ring (bicyclic) bond motifs is 1. The van der Waals surface area contributed by atoms with Gasteiger partial charge in [0, 0.05) is 0 Å². The number of carbonyl (C=O) groups excluding carboxylic acids is 1. The van der Waals surface area contributed by atoms with Gasteiger partial charge in [-0.1, -0.05) is 50.3 Å². The largest absolute Gasteiger partial charge is 0.478 e. The van der Waals surface area contributed by atoms with E-state index in [1.165, 1.54) is 0 Å². The lowest BCUT2D eigenvalue weighted by Gasteiger charge is -2.42. The lowest BCUT2D eigenvalue weighted by Crippen LogP contribution is -2.39. The fourth-order valence-corrected chi connectivity index (χ4v) is 3.99. The zero-order valence-corrected chi connectivity index (χ0v) is 17.6. The average molecular weight is 408 g/mol. The van der Waals surface area contributed by atoms with Gasteiger partial charge in [0.15, 0.2) is 0 Å². The van der Waals surface area contributed by atoms with Gasteiger partial charge in [-0.2, -0.15) is 0 Å². The summed E-state index contributed by atoms with van der Waals surface area (Å²) in [6.07, 6.45) is 5.03. The highest BCUT2D eigenvalue weighted by molar-refractivity contribution is 5.88. The molecule has 0 bridgehead atoms. The highest BCUT2D eigenvalue weighted by atomic mass is 16.5. The minimum absolute atomic E-state index is 0.0618. The Bertz CT molecular complexity index is 972. The normalized spacial score (nSPS) is 20.0. The van der Waals surface area contributed by atoms with Crippen molar-refractivity contribution in [3.8, 4) is 0 Å². The van der Waals surface area contributed by atoms with Gasteiger partial charge in [0.05, 0.1) is 18.6 Å². The molecular formula is C25H28O5. The smallest absolute Gasteiger partial charge is 0.335 e. The van der Waals surface area contributed by atoms with Gasteiger partial charge in [-0.3, -0.25) is 4.79 Å². The third-order valence-corrected chi connectivity index (χ3v) is 5.81. The number of rotatable bonds is 6. The molecule has 0 heterocycles. The molecule has 158 valence electrons. The molecule has 3 rings (SSSR count). The minimum Gasteiger partial charge on any atom is -0.478 e. The van der Waals surface area contributed by atoms with Crippen molar-refractivity contribution in [1.82, 2.24) is 0 Å². The van der Waals surface area contributed by atoms with Crippen LogP contribution in [0.2, 0.25) is 0 Å². The fraction of sp³-hybridized carbons (Fsp3) is 0.360. The van der Waals surface area contributed by atoms with Crippen LogP contribution in [0.25, 0.3) is 12.2 Å². The number of aromatic carboxylic acids is 1. The van der Waals surface area contributed by atoms with E-state index in [0.29, 0.717) is 6.42 Å². The summed E-state index contributed by atoms with van der Waals surface area (Å²) in [6.45, 7) is 6.34. The SMILES string of the molecule is CCOC(=O)CC1(O)CCC(C)(C)c2ccc(/C=C/c3ccc(C(=O)O)cc3)cc21. The van der Waals surface area contributed by atoms with Gasteiger partial charge in [0.25, 0.3) is 0 Å². The molecular weight excluding hydrogens is 380 g/mol. The Kier molecular flexibility index (Phi) is 6.13. The Morgan fingerprint density at radius 2 is 1.63 bits per heavy atom. The molecule has 0 saturated heterocycles. The number of carbonyl (C=O) groups is 2. The van der Waals surface area contributed by atoms with E-state index in [2.05, 4.69) is 13.8 Å². The van der Waals surface area contributed by atoms with Crippen LogP contribution in [0.4, 0.5) is 0 Å². The molecule has 0 fully saturated rings. The summed E-state index contributed by atoms with van der Waals surface area (Å²) >= 11 is 0. The molecule has 5 nitrogen and oxygen atoms in total. The Labute approximate surface area is 177 Å². The van der Waals surface area contributed by atoms with Crippen molar-refractivity contribution in [2.45, 2.75) is 51.0 Å². The molecule has 1 unspecified atom stereocenters. The van der Waals surface area contributed by atoms with Gasteiger partial charge in [0.2, 0.25) is 0 Å². The molecule has 30 heavy (non-hydrogen) atoms. The van der Waals surface area contributed by atoms with Crippen LogP contribution >= 0.6 is 0 Å². The summed E-state index contributed by atoms with van der Waals surface area (Å²) in [7, 11) is 0. The Hall–Kier alpha value is -2.92. The first-order chi connectivity index (χ1) is 14.1. The van der Waals surface area contributed by atoms with Gasteiger partial charge < -0.3 is 14.9 Å². The van der Waals surface area contributed by atoms with E-state index in [0.717, 1.165) is 28.7 Å². The zero-order valence-electron chi connectivity index (χ0n) is 17.6. The van der Waals surface area contributed by atoms with Crippen LogP contribution in [0.15, 0.2) is 42.5 Å². The molecule has 2 aromatic carbocycles. The van der Waals surface area contributed by atoms with Crippen LogP contribution in [-0.2, 0) is 20.5 Å². The number of ether oxygens (including phenoxy) is 1. The maximum Gasteiger partial charge on any atom is 0.335 e. The molecule has 1 aliphatic carbocycles. The second-order valence-corrected chi connectivity index (χ2v) is 8.46. The maximum atomic E-state index is 12.1. The maximum absolute atomic E-state index is 12.1. The van der Waals surface area contributed by atoms with Crippen molar-refractivity contribution in [3.63, 3.8) is 0 Å². The van der Waals surface area contributed by atoms with Gasteiger partial charge >= 0.3 is 11.9 Å². The van der Waals surface area contributed by atoms with Gasteiger partial charge in [-0.15, -0.1) is 0 Å². The summed E-state index contributed by atoms with van der Waals surface area (Å²) in [6, 6.07) is 12.6. The van der Waals surface area contributed by atoms with Crippen LogP contribution in [0.1, 0.15) is 72.6 Å². The van der Waals surface area contributed by atoms with Crippen LogP contribution in [0.5, 0.6) is 0 Å². The van der Waals surface area contributed by atoms with Crippen LogP contribution in [-0.4, -0.2) is 28.8 Å². The summed E-state index contributed by atoms with van der Waals surface area (Å²) in [5.41, 5.74) is 2.50. The number of esters is 1. The van der Waals surface area contributed by atoms with E-state index in [4.69, 9.17) is 9.84 Å². The van der Waals surface area contributed by atoms with E-state index in [-0.39, 0.29) is 24.0 Å². The first kappa shape index (κ1) is 21.8. The highest BCUT2D eigenvalue weighted by Gasteiger charge is 2.43. The van der Waals surface area contributed by atoms with Gasteiger partial charge in [0.1, 0.15) is 5.60 Å². The van der Waals surface area contributed by atoms with Crippen molar-refractivity contribution in [2.75, 3.05) is 6.61 Å². The van der Waals surface area contributed by atoms with Crippen molar-refractivity contribution in [1.29, 1.82) is 0 Å². The summed E-state index contributed by atoms with van der Waals surface area (Å²) in [5.74, 6) is -1.35. The van der Waals surface area contributed by atoms with E-state index in [9.17, 15) is 14.7 Å². The lowest BCUT2D eigenvalue weighted by atomic mass is 9.65. The average Bonchev–Trinajstić information content (AvgIpc) is 2.70. The van der Waals surface area contributed by atoms with Gasteiger partial charge in [-0.25, -0.2) is 4.79 Å². The molecule has 0 radical (unpaired) electrons. The fourth-order valence-electron chi connectivity index (χ4n) is 3.99. The lowest BCUT2D eigenvalue weighted by molar-refractivity contribution is -0.150. The van der Waals surface area contributed by atoms with Crippen LogP contribution < -0.4 is 0 Å². The Morgan fingerprint density at radius 3 is 2.27 bits per heavy atom. The molecule has 2 aromatic rings. The van der Waals surface area contributed by atoms with E-state index < -0.39 is 17.5 Å². The van der Waals surface area contributed by atoms with Crippen molar-refractivity contribution < 1.29 is 24.5 Å². The monoisotopic (exact) mass is 408 g/mol. The van der Waals surface area contributed by atoms with Crippen LogP contribution in [0.3, 0.4) is 0 Å². The third kappa shape index (κ3) is 4.62. The standard InChI is InChI=1S/C25H28O5/c1-4-30-22(26)16-25(29)14-13-24(2,3)20-12-9-18(15-21(20)25)6-5-17-7-10-19(11-8-17)23(27)28/h5-12,15,29H,4,13-14,16H2,1-3H3,(H,27,28)/b6-5+. The quantitative estimate of drug-likeness (QED) is 0.531. The second kappa shape index (κ2) is 8.44. The molecule has 1 atom stereocenters. The molecule has 0 aromatic heterocycles. The van der Waals surface area contributed by atoms with Crippen molar-refractivity contribution in [3.05, 3.63) is 70.3 Å².